The van der Waals surface area contributed by atoms with Gasteiger partial charge in [0.25, 0.3) is 5.91 Å². The van der Waals surface area contributed by atoms with Crippen LogP contribution < -0.4 is 14.8 Å². The molecule has 0 heterocycles. The van der Waals surface area contributed by atoms with Crippen molar-refractivity contribution in [3.63, 3.8) is 0 Å². The SMILES string of the molecule is CCc1ccccc1OCC(=O)Nc1ccc(OCCN(C)C)cc1. The van der Waals surface area contributed by atoms with Crippen LogP contribution in [0.25, 0.3) is 0 Å². The number of rotatable bonds is 9. The average molecular weight is 342 g/mol. The summed E-state index contributed by atoms with van der Waals surface area (Å²) in [5.74, 6) is 1.35. The van der Waals surface area contributed by atoms with Gasteiger partial charge in [-0.05, 0) is 56.4 Å². The van der Waals surface area contributed by atoms with Gasteiger partial charge in [0.05, 0.1) is 0 Å². The Balaban J connectivity index is 1.80. The molecule has 1 N–H and O–H groups in total. The fourth-order valence-corrected chi connectivity index (χ4v) is 2.26. The molecule has 134 valence electrons. The topological polar surface area (TPSA) is 50.8 Å². The number of carbonyl (C=O) groups excluding carboxylic acids is 1. The molecule has 2 rings (SSSR count). The van der Waals surface area contributed by atoms with Crippen molar-refractivity contribution < 1.29 is 14.3 Å². The number of carbonyl (C=O) groups is 1. The number of aryl methyl sites for hydroxylation is 1. The molecular weight excluding hydrogens is 316 g/mol. The van der Waals surface area contributed by atoms with Crippen LogP contribution in [0.15, 0.2) is 48.5 Å². The molecule has 0 radical (unpaired) electrons. The van der Waals surface area contributed by atoms with E-state index in [-0.39, 0.29) is 12.5 Å². The summed E-state index contributed by atoms with van der Waals surface area (Å²) in [6.45, 7) is 3.53. The molecule has 0 saturated heterocycles. The molecule has 0 fully saturated rings. The molecule has 0 aromatic heterocycles. The molecule has 0 unspecified atom stereocenters. The van der Waals surface area contributed by atoms with E-state index in [9.17, 15) is 4.79 Å². The second kappa shape index (κ2) is 9.69. The molecule has 25 heavy (non-hydrogen) atoms. The maximum absolute atomic E-state index is 12.0. The predicted octanol–water partition coefficient (Wildman–Crippen LogP) is 3.21. The Labute approximate surface area is 149 Å². The highest BCUT2D eigenvalue weighted by atomic mass is 16.5. The van der Waals surface area contributed by atoms with Gasteiger partial charge < -0.3 is 19.7 Å². The zero-order valence-corrected chi connectivity index (χ0v) is 15.1. The summed E-state index contributed by atoms with van der Waals surface area (Å²) >= 11 is 0. The minimum absolute atomic E-state index is 0.0158. The fraction of sp³-hybridized carbons (Fsp3) is 0.350. The number of para-hydroxylation sites is 1. The van der Waals surface area contributed by atoms with E-state index in [0.29, 0.717) is 6.61 Å². The third kappa shape index (κ3) is 6.47. The molecule has 0 aliphatic rings. The minimum atomic E-state index is -0.188. The molecule has 2 aromatic carbocycles. The second-order valence-electron chi connectivity index (χ2n) is 5.97. The van der Waals surface area contributed by atoms with Gasteiger partial charge in [0, 0.05) is 12.2 Å². The van der Waals surface area contributed by atoms with Crippen LogP contribution in [0.3, 0.4) is 0 Å². The Morgan fingerprint density at radius 3 is 2.44 bits per heavy atom. The quantitative estimate of drug-likeness (QED) is 0.760. The van der Waals surface area contributed by atoms with Gasteiger partial charge in [-0.25, -0.2) is 0 Å². The number of nitrogens with zero attached hydrogens (tertiary/aromatic N) is 1. The van der Waals surface area contributed by atoms with E-state index in [2.05, 4.69) is 17.1 Å². The van der Waals surface area contributed by atoms with Crippen molar-refractivity contribution in [1.29, 1.82) is 0 Å². The van der Waals surface area contributed by atoms with E-state index in [4.69, 9.17) is 9.47 Å². The number of amides is 1. The van der Waals surface area contributed by atoms with Crippen molar-refractivity contribution in [3.8, 4) is 11.5 Å². The summed E-state index contributed by atoms with van der Waals surface area (Å²) in [4.78, 5) is 14.1. The summed E-state index contributed by atoms with van der Waals surface area (Å²) in [5, 5.41) is 2.82. The van der Waals surface area contributed by atoms with Gasteiger partial charge in [-0.3, -0.25) is 4.79 Å². The van der Waals surface area contributed by atoms with Crippen LogP contribution in [-0.4, -0.2) is 44.7 Å². The zero-order valence-electron chi connectivity index (χ0n) is 15.1. The van der Waals surface area contributed by atoms with E-state index >= 15 is 0 Å². The fourth-order valence-electron chi connectivity index (χ4n) is 2.26. The summed E-state index contributed by atoms with van der Waals surface area (Å²) in [6, 6.07) is 15.1. The zero-order chi connectivity index (χ0) is 18.1. The van der Waals surface area contributed by atoms with Gasteiger partial charge >= 0.3 is 0 Å². The maximum atomic E-state index is 12.0. The molecule has 0 aliphatic heterocycles. The normalized spacial score (nSPS) is 10.6. The standard InChI is InChI=1S/C20H26N2O3/c1-4-16-7-5-6-8-19(16)25-15-20(23)21-17-9-11-18(12-10-17)24-14-13-22(2)3/h5-12H,4,13-15H2,1-3H3,(H,21,23). The first kappa shape index (κ1) is 18.8. The van der Waals surface area contributed by atoms with Crippen molar-refractivity contribution in [2.75, 3.05) is 39.2 Å². The van der Waals surface area contributed by atoms with Crippen LogP contribution in [0.2, 0.25) is 0 Å². The highest BCUT2D eigenvalue weighted by molar-refractivity contribution is 5.91. The lowest BCUT2D eigenvalue weighted by atomic mass is 10.1. The lowest BCUT2D eigenvalue weighted by molar-refractivity contribution is -0.118. The Morgan fingerprint density at radius 1 is 1.04 bits per heavy atom. The van der Waals surface area contributed by atoms with Crippen LogP contribution >= 0.6 is 0 Å². The Morgan fingerprint density at radius 2 is 1.76 bits per heavy atom. The number of likely N-dealkylation sites (N-methyl/N-ethyl adjacent to an activating group) is 1. The minimum Gasteiger partial charge on any atom is -0.492 e. The van der Waals surface area contributed by atoms with E-state index < -0.39 is 0 Å². The van der Waals surface area contributed by atoms with Crippen molar-refractivity contribution in [3.05, 3.63) is 54.1 Å². The van der Waals surface area contributed by atoms with E-state index in [0.717, 1.165) is 35.7 Å². The first-order valence-corrected chi connectivity index (χ1v) is 8.46. The molecule has 1 amide bonds. The molecule has 0 saturated carbocycles. The Bertz CT molecular complexity index is 669. The summed E-state index contributed by atoms with van der Waals surface area (Å²) < 4.78 is 11.2. The number of nitrogens with one attached hydrogen (secondary N) is 1. The number of ether oxygens (including phenoxy) is 2. The van der Waals surface area contributed by atoms with Crippen molar-refractivity contribution in [2.24, 2.45) is 0 Å². The molecule has 5 heteroatoms. The number of hydrogen-bond acceptors (Lipinski definition) is 4. The molecule has 0 atom stereocenters. The van der Waals surface area contributed by atoms with Gasteiger partial charge in [0.1, 0.15) is 18.1 Å². The third-order valence-corrected chi connectivity index (χ3v) is 3.66. The van der Waals surface area contributed by atoms with Gasteiger partial charge in [0.15, 0.2) is 6.61 Å². The number of anilines is 1. The number of hydrogen-bond donors (Lipinski definition) is 1. The van der Waals surface area contributed by atoms with E-state index in [1.807, 2.05) is 62.6 Å². The number of benzene rings is 2. The first-order chi connectivity index (χ1) is 12.1. The average Bonchev–Trinajstić information content (AvgIpc) is 2.61. The Kier molecular flexibility index (Phi) is 7.29. The monoisotopic (exact) mass is 342 g/mol. The van der Waals surface area contributed by atoms with E-state index in [1.165, 1.54) is 0 Å². The second-order valence-corrected chi connectivity index (χ2v) is 5.97. The Hall–Kier alpha value is -2.53. The van der Waals surface area contributed by atoms with Crippen molar-refractivity contribution in [2.45, 2.75) is 13.3 Å². The van der Waals surface area contributed by atoms with Crippen LogP contribution in [0, 0.1) is 0 Å². The lowest BCUT2D eigenvalue weighted by Gasteiger charge is -2.12. The predicted molar refractivity (Wildman–Crippen MR) is 100 cm³/mol. The summed E-state index contributed by atoms with van der Waals surface area (Å²) in [7, 11) is 4.01. The first-order valence-electron chi connectivity index (χ1n) is 8.46. The summed E-state index contributed by atoms with van der Waals surface area (Å²) in [6.07, 6.45) is 0.868. The highest BCUT2D eigenvalue weighted by Gasteiger charge is 2.06. The van der Waals surface area contributed by atoms with Gasteiger partial charge in [-0.15, -0.1) is 0 Å². The van der Waals surface area contributed by atoms with Gasteiger partial charge in [-0.2, -0.15) is 0 Å². The van der Waals surface area contributed by atoms with Crippen LogP contribution in [0.1, 0.15) is 12.5 Å². The third-order valence-electron chi connectivity index (χ3n) is 3.66. The molecule has 0 spiro atoms. The highest BCUT2D eigenvalue weighted by Crippen LogP contribution is 2.19. The molecule has 5 nitrogen and oxygen atoms in total. The lowest BCUT2D eigenvalue weighted by Crippen LogP contribution is -2.20. The maximum Gasteiger partial charge on any atom is 0.262 e. The summed E-state index contributed by atoms with van der Waals surface area (Å²) in [5.41, 5.74) is 1.81. The molecule has 0 bridgehead atoms. The van der Waals surface area contributed by atoms with E-state index in [1.54, 1.807) is 0 Å². The van der Waals surface area contributed by atoms with Crippen LogP contribution in [0.4, 0.5) is 5.69 Å². The smallest absolute Gasteiger partial charge is 0.262 e. The largest absolute Gasteiger partial charge is 0.492 e. The van der Waals surface area contributed by atoms with Crippen LogP contribution in [-0.2, 0) is 11.2 Å². The van der Waals surface area contributed by atoms with Gasteiger partial charge in [0.2, 0.25) is 0 Å². The molecule has 2 aromatic rings. The van der Waals surface area contributed by atoms with Crippen molar-refractivity contribution >= 4 is 11.6 Å². The van der Waals surface area contributed by atoms with Gasteiger partial charge in [-0.1, -0.05) is 25.1 Å². The molecular formula is C20H26N2O3. The van der Waals surface area contributed by atoms with Crippen molar-refractivity contribution in [1.82, 2.24) is 4.90 Å². The van der Waals surface area contributed by atoms with Crippen LogP contribution in [0.5, 0.6) is 11.5 Å². The molecule has 0 aliphatic carbocycles.